The average molecular weight is 339 g/mol. The summed E-state index contributed by atoms with van der Waals surface area (Å²) in [6, 6.07) is 25.4. The normalized spacial score (nSPS) is 18.0. The summed E-state index contributed by atoms with van der Waals surface area (Å²) >= 11 is 0. The minimum Gasteiger partial charge on any atom is -0.382 e. The van der Waals surface area contributed by atoms with Gasteiger partial charge in [-0.2, -0.15) is 0 Å². The van der Waals surface area contributed by atoms with Crippen LogP contribution in [0.1, 0.15) is 54.4 Å². The Morgan fingerprint density at radius 1 is 0.808 bits per heavy atom. The molecule has 2 aliphatic rings. The van der Waals surface area contributed by atoms with Crippen molar-refractivity contribution < 1.29 is 0 Å². The van der Waals surface area contributed by atoms with E-state index < -0.39 is 0 Å². The summed E-state index contributed by atoms with van der Waals surface area (Å²) in [6.45, 7) is 2.28. The molecule has 26 heavy (non-hydrogen) atoms. The second-order valence-electron chi connectivity index (χ2n) is 7.66. The zero-order valence-corrected chi connectivity index (χ0v) is 15.3. The molecule has 0 spiro atoms. The van der Waals surface area contributed by atoms with E-state index in [1.54, 1.807) is 0 Å². The molecule has 3 aromatic rings. The number of aryl methyl sites for hydroxylation is 1. The monoisotopic (exact) mass is 339 g/mol. The van der Waals surface area contributed by atoms with Crippen LogP contribution in [0.4, 0.5) is 5.69 Å². The summed E-state index contributed by atoms with van der Waals surface area (Å²) < 4.78 is 0. The van der Waals surface area contributed by atoms with Crippen LogP contribution in [0, 0.1) is 0 Å². The molecule has 1 aliphatic carbocycles. The molecule has 1 N–H and O–H groups in total. The first kappa shape index (κ1) is 15.7. The highest BCUT2D eigenvalue weighted by Crippen LogP contribution is 2.50. The van der Waals surface area contributed by atoms with Gasteiger partial charge in [-0.25, -0.2) is 0 Å². The lowest BCUT2D eigenvalue weighted by molar-refractivity contribution is 0.577. The van der Waals surface area contributed by atoms with E-state index in [9.17, 15) is 0 Å². The van der Waals surface area contributed by atoms with E-state index >= 15 is 0 Å². The maximum absolute atomic E-state index is 3.91. The van der Waals surface area contributed by atoms with Gasteiger partial charge in [0.25, 0.3) is 0 Å². The summed E-state index contributed by atoms with van der Waals surface area (Å²) in [5, 5.41) is 3.91. The van der Waals surface area contributed by atoms with E-state index in [1.807, 2.05) is 0 Å². The number of benzene rings is 3. The number of hydrogen-bond donors (Lipinski definition) is 1. The van der Waals surface area contributed by atoms with Crippen molar-refractivity contribution >= 4 is 5.69 Å². The minimum absolute atomic E-state index is 0.338. The molecule has 0 radical (unpaired) electrons. The molecule has 3 aromatic carbocycles. The van der Waals surface area contributed by atoms with Crippen molar-refractivity contribution in [1.29, 1.82) is 0 Å². The van der Waals surface area contributed by atoms with Gasteiger partial charge in [0.1, 0.15) is 0 Å². The predicted molar refractivity (Wildman–Crippen MR) is 110 cm³/mol. The van der Waals surface area contributed by atoms with Gasteiger partial charge in [0.2, 0.25) is 0 Å². The van der Waals surface area contributed by atoms with E-state index in [4.69, 9.17) is 0 Å². The first-order valence-corrected chi connectivity index (χ1v) is 9.93. The van der Waals surface area contributed by atoms with Crippen LogP contribution < -0.4 is 5.32 Å². The summed E-state index contributed by atoms with van der Waals surface area (Å²) in [5.41, 5.74) is 10.0. The number of hydrogen-bond acceptors (Lipinski definition) is 1. The van der Waals surface area contributed by atoms with Crippen LogP contribution >= 0.6 is 0 Å². The molecule has 1 atom stereocenters. The first-order chi connectivity index (χ1) is 12.9. The van der Waals surface area contributed by atoms with Crippen molar-refractivity contribution in [2.24, 2.45) is 0 Å². The Labute approximate surface area is 156 Å². The minimum atomic E-state index is 0.338. The summed E-state index contributed by atoms with van der Waals surface area (Å²) in [7, 11) is 0. The fourth-order valence-corrected chi connectivity index (χ4v) is 4.91. The number of rotatable bonds is 3. The second-order valence-corrected chi connectivity index (χ2v) is 7.66. The topological polar surface area (TPSA) is 12.0 Å². The van der Waals surface area contributed by atoms with Crippen LogP contribution in [0.15, 0.2) is 66.7 Å². The molecule has 1 unspecified atom stereocenters. The molecular formula is C25H25N. The molecule has 0 saturated heterocycles. The van der Waals surface area contributed by atoms with Gasteiger partial charge in [0.15, 0.2) is 0 Å². The van der Waals surface area contributed by atoms with Gasteiger partial charge < -0.3 is 5.32 Å². The van der Waals surface area contributed by atoms with Crippen LogP contribution in [-0.4, -0.2) is 6.04 Å². The van der Waals surface area contributed by atoms with Crippen molar-refractivity contribution in [3.8, 4) is 11.1 Å². The first-order valence-electron chi connectivity index (χ1n) is 9.93. The SMILES string of the molecule is CCCC1CCc2cccc(C3c4ccccc4-c4ccccc43)c2N1. The highest BCUT2D eigenvalue weighted by atomic mass is 14.9. The molecule has 0 bridgehead atoms. The summed E-state index contributed by atoms with van der Waals surface area (Å²) in [6.07, 6.45) is 4.94. The summed E-state index contributed by atoms with van der Waals surface area (Å²) in [4.78, 5) is 0. The lowest BCUT2D eigenvalue weighted by Gasteiger charge is -2.31. The van der Waals surface area contributed by atoms with Crippen LogP contribution in [0.5, 0.6) is 0 Å². The molecule has 0 aromatic heterocycles. The lowest BCUT2D eigenvalue weighted by atomic mass is 9.84. The highest BCUT2D eigenvalue weighted by molar-refractivity contribution is 5.82. The van der Waals surface area contributed by atoms with Gasteiger partial charge in [0, 0.05) is 17.6 Å². The Morgan fingerprint density at radius 3 is 2.15 bits per heavy atom. The maximum Gasteiger partial charge on any atom is 0.0417 e. The van der Waals surface area contributed by atoms with Gasteiger partial charge in [-0.15, -0.1) is 0 Å². The molecule has 1 heterocycles. The van der Waals surface area contributed by atoms with E-state index in [0.29, 0.717) is 12.0 Å². The molecule has 0 saturated carbocycles. The molecule has 5 rings (SSSR count). The molecule has 1 nitrogen and oxygen atoms in total. The fraction of sp³-hybridized carbons (Fsp3) is 0.280. The van der Waals surface area contributed by atoms with Crippen LogP contribution in [0.25, 0.3) is 11.1 Å². The van der Waals surface area contributed by atoms with Crippen LogP contribution in [0.2, 0.25) is 0 Å². The quantitative estimate of drug-likeness (QED) is 0.457. The van der Waals surface area contributed by atoms with E-state index in [0.717, 1.165) is 0 Å². The number of nitrogens with one attached hydrogen (secondary N) is 1. The van der Waals surface area contributed by atoms with Crippen molar-refractivity contribution in [3.63, 3.8) is 0 Å². The third-order valence-electron chi connectivity index (χ3n) is 6.08. The van der Waals surface area contributed by atoms with Gasteiger partial charge >= 0.3 is 0 Å². The fourth-order valence-electron chi connectivity index (χ4n) is 4.91. The maximum atomic E-state index is 3.91. The van der Waals surface area contributed by atoms with Gasteiger partial charge in [-0.3, -0.25) is 0 Å². The molecular weight excluding hydrogens is 314 g/mol. The standard InChI is InChI=1S/C25H25N/c1-2-8-18-16-15-17-9-7-14-23(25(17)26-18)24-21-12-5-3-10-19(21)20-11-4-6-13-22(20)24/h3-7,9-14,18,24,26H,2,8,15-16H2,1H3. The predicted octanol–water partition coefficient (Wildman–Crippen LogP) is 6.37. The van der Waals surface area contributed by atoms with Crippen LogP contribution in [0.3, 0.4) is 0 Å². The van der Waals surface area contributed by atoms with E-state index in [2.05, 4.69) is 79.0 Å². The largest absolute Gasteiger partial charge is 0.382 e. The van der Waals surface area contributed by atoms with E-state index in [1.165, 1.54) is 64.8 Å². The van der Waals surface area contributed by atoms with Gasteiger partial charge in [-0.1, -0.05) is 80.1 Å². The zero-order chi connectivity index (χ0) is 17.5. The van der Waals surface area contributed by atoms with Crippen molar-refractivity contribution in [2.45, 2.75) is 44.6 Å². The highest BCUT2D eigenvalue weighted by Gasteiger charge is 2.32. The van der Waals surface area contributed by atoms with Crippen molar-refractivity contribution in [2.75, 3.05) is 5.32 Å². The summed E-state index contributed by atoms with van der Waals surface area (Å²) in [5.74, 6) is 0.338. The molecule has 1 heteroatoms. The van der Waals surface area contributed by atoms with Gasteiger partial charge in [0.05, 0.1) is 0 Å². The zero-order valence-electron chi connectivity index (χ0n) is 15.3. The van der Waals surface area contributed by atoms with Crippen LogP contribution in [-0.2, 0) is 6.42 Å². The third-order valence-corrected chi connectivity index (χ3v) is 6.08. The number of para-hydroxylation sites is 1. The number of anilines is 1. The Morgan fingerprint density at radius 2 is 1.46 bits per heavy atom. The Bertz CT molecular complexity index is 910. The third kappa shape index (κ3) is 2.38. The number of fused-ring (bicyclic) bond motifs is 4. The molecule has 130 valence electrons. The van der Waals surface area contributed by atoms with Gasteiger partial charge in [-0.05, 0) is 52.6 Å². The Balaban J connectivity index is 1.68. The smallest absolute Gasteiger partial charge is 0.0417 e. The Kier molecular flexibility index (Phi) is 3.81. The van der Waals surface area contributed by atoms with Crippen molar-refractivity contribution in [1.82, 2.24) is 0 Å². The second kappa shape index (κ2) is 6.32. The van der Waals surface area contributed by atoms with E-state index in [-0.39, 0.29) is 0 Å². The molecule has 1 aliphatic heterocycles. The lowest BCUT2D eigenvalue weighted by Crippen LogP contribution is -2.26. The average Bonchev–Trinajstić information content (AvgIpc) is 3.02. The van der Waals surface area contributed by atoms with Crippen molar-refractivity contribution in [3.05, 3.63) is 89.0 Å². The molecule has 0 fully saturated rings. The molecule has 0 amide bonds. The Hall–Kier alpha value is -2.54.